The maximum absolute atomic E-state index is 11.2. The van der Waals surface area contributed by atoms with Crippen LogP contribution < -0.4 is 16.4 Å². The van der Waals surface area contributed by atoms with Gasteiger partial charge >= 0.3 is 6.03 Å². The van der Waals surface area contributed by atoms with Gasteiger partial charge in [0.05, 0.1) is 4.92 Å². The second kappa shape index (κ2) is 6.34. The number of primary amides is 1. The molecule has 1 aromatic carbocycles. The number of rotatable bonds is 6. The number of hydrogen-bond acceptors (Lipinski definition) is 5. The first-order valence-electron chi connectivity index (χ1n) is 5.48. The van der Waals surface area contributed by atoms with Crippen molar-refractivity contribution >= 4 is 23.2 Å². The lowest BCUT2D eigenvalue weighted by Gasteiger charge is -2.08. The number of nitro groups is 1. The second-order valence-corrected chi connectivity index (χ2v) is 3.76. The van der Waals surface area contributed by atoms with Crippen LogP contribution in [0.3, 0.4) is 0 Å². The number of nitrogens with two attached hydrogens (primary N) is 1. The molecule has 0 aromatic heterocycles. The molecule has 8 heteroatoms. The highest BCUT2D eigenvalue weighted by Gasteiger charge is 2.15. The van der Waals surface area contributed by atoms with Crippen molar-refractivity contribution in [1.82, 2.24) is 5.32 Å². The summed E-state index contributed by atoms with van der Waals surface area (Å²) in [6.45, 7) is 1.85. The first kappa shape index (κ1) is 14.4. The van der Waals surface area contributed by atoms with Crippen LogP contribution in [0.4, 0.5) is 16.2 Å². The number of nitrogens with one attached hydrogen (secondary N) is 2. The number of Topliss-reactive ketones (excluding diaryl/α,β-unsaturated/α-hetero) is 1. The Balaban J connectivity index is 2.79. The number of ketones is 1. The zero-order valence-electron chi connectivity index (χ0n) is 10.3. The first-order valence-corrected chi connectivity index (χ1v) is 5.48. The number of urea groups is 1. The van der Waals surface area contributed by atoms with Crippen LogP contribution in [0, 0.1) is 10.1 Å². The van der Waals surface area contributed by atoms with Crippen LogP contribution in [0.5, 0.6) is 0 Å². The van der Waals surface area contributed by atoms with Gasteiger partial charge in [-0.05, 0) is 19.1 Å². The molecular weight excluding hydrogens is 252 g/mol. The van der Waals surface area contributed by atoms with Gasteiger partial charge in [0.2, 0.25) is 0 Å². The van der Waals surface area contributed by atoms with E-state index in [9.17, 15) is 19.7 Å². The smallest absolute Gasteiger partial charge is 0.312 e. The van der Waals surface area contributed by atoms with Gasteiger partial charge in [-0.15, -0.1) is 0 Å². The van der Waals surface area contributed by atoms with Gasteiger partial charge in [0.1, 0.15) is 5.69 Å². The number of anilines is 1. The molecule has 0 radical (unpaired) electrons. The van der Waals surface area contributed by atoms with Gasteiger partial charge in [-0.25, -0.2) is 4.79 Å². The fourth-order valence-corrected chi connectivity index (χ4v) is 1.43. The summed E-state index contributed by atoms with van der Waals surface area (Å²) in [5, 5.41) is 16.0. The summed E-state index contributed by atoms with van der Waals surface area (Å²) in [5.41, 5.74) is 5.24. The highest BCUT2D eigenvalue weighted by atomic mass is 16.6. The van der Waals surface area contributed by atoms with Crippen molar-refractivity contribution in [2.75, 3.05) is 18.4 Å². The molecule has 19 heavy (non-hydrogen) atoms. The quantitative estimate of drug-likeness (QED) is 0.305. The molecule has 0 aliphatic rings. The van der Waals surface area contributed by atoms with Crippen LogP contribution in [-0.2, 0) is 0 Å². The van der Waals surface area contributed by atoms with E-state index in [1.54, 1.807) is 0 Å². The Labute approximate surface area is 109 Å². The van der Waals surface area contributed by atoms with Crippen LogP contribution in [0.1, 0.15) is 17.3 Å². The molecule has 0 atom stereocenters. The fourth-order valence-electron chi connectivity index (χ4n) is 1.43. The van der Waals surface area contributed by atoms with Crippen molar-refractivity contribution < 1.29 is 14.5 Å². The molecule has 0 heterocycles. The summed E-state index contributed by atoms with van der Waals surface area (Å²) in [4.78, 5) is 31.9. The number of benzene rings is 1. The van der Waals surface area contributed by atoms with Crippen LogP contribution in [-0.4, -0.2) is 29.8 Å². The van der Waals surface area contributed by atoms with E-state index in [0.29, 0.717) is 0 Å². The van der Waals surface area contributed by atoms with Crippen molar-refractivity contribution in [3.8, 4) is 0 Å². The van der Waals surface area contributed by atoms with Crippen molar-refractivity contribution in [2.45, 2.75) is 6.92 Å². The Morgan fingerprint density at radius 1 is 1.37 bits per heavy atom. The van der Waals surface area contributed by atoms with E-state index in [1.807, 2.05) is 0 Å². The average Bonchev–Trinajstić information content (AvgIpc) is 2.34. The maximum Gasteiger partial charge on any atom is 0.312 e. The zero-order valence-corrected chi connectivity index (χ0v) is 10.3. The lowest BCUT2D eigenvalue weighted by Crippen LogP contribution is -2.33. The number of amides is 2. The predicted octanol–water partition coefficient (Wildman–Crippen LogP) is 0.878. The van der Waals surface area contributed by atoms with E-state index in [0.717, 1.165) is 0 Å². The molecule has 8 nitrogen and oxygen atoms in total. The number of carbonyl (C=O) groups excluding carboxylic acids is 2. The molecule has 0 bridgehead atoms. The first-order chi connectivity index (χ1) is 8.91. The lowest BCUT2D eigenvalue weighted by atomic mass is 10.1. The van der Waals surface area contributed by atoms with Gasteiger partial charge < -0.3 is 16.4 Å². The summed E-state index contributed by atoms with van der Waals surface area (Å²) in [5.74, 6) is -0.245. The molecule has 0 saturated carbocycles. The Kier molecular flexibility index (Phi) is 4.81. The van der Waals surface area contributed by atoms with E-state index in [-0.39, 0.29) is 35.8 Å². The third kappa shape index (κ3) is 4.26. The fraction of sp³-hybridized carbons (Fsp3) is 0.273. The van der Waals surface area contributed by atoms with Gasteiger partial charge in [0.25, 0.3) is 5.69 Å². The molecule has 1 aromatic rings. The van der Waals surface area contributed by atoms with Crippen LogP contribution in [0.15, 0.2) is 18.2 Å². The normalized spacial score (nSPS) is 9.74. The molecule has 0 aliphatic heterocycles. The Morgan fingerprint density at radius 3 is 2.58 bits per heavy atom. The van der Waals surface area contributed by atoms with E-state index in [4.69, 9.17) is 5.73 Å². The molecule has 102 valence electrons. The summed E-state index contributed by atoms with van der Waals surface area (Å²) >= 11 is 0. The van der Waals surface area contributed by atoms with Crippen molar-refractivity contribution in [3.63, 3.8) is 0 Å². The van der Waals surface area contributed by atoms with Crippen molar-refractivity contribution in [2.24, 2.45) is 5.73 Å². The topological polar surface area (TPSA) is 127 Å². The minimum atomic E-state index is -0.664. The monoisotopic (exact) mass is 266 g/mol. The molecule has 4 N–H and O–H groups in total. The highest BCUT2D eigenvalue weighted by molar-refractivity contribution is 5.95. The van der Waals surface area contributed by atoms with Gasteiger partial charge in [-0.2, -0.15) is 0 Å². The van der Waals surface area contributed by atoms with Gasteiger partial charge in [-0.3, -0.25) is 14.9 Å². The predicted molar refractivity (Wildman–Crippen MR) is 69.2 cm³/mol. The molecular formula is C11H14N4O4. The van der Waals surface area contributed by atoms with Crippen LogP contribution >= 0.6 is 0 Å². The molecule has 2 amide bonds. The van der Waals surface area contributed by atoms with Crippen LogP contribution in [0.2, 0.25) is 0 Å². The molecule has 1 rings (SSSR count). The number of nitrogens with zero attached hydrogens (tertiary/aromatic N) is 1. The van der Waals surface area contributed by atoms with Gasteiger partial charge in [-0.1, -0.05) is 0 Å². The van der Waals surface area contributed by atoms with Crippen LogP contribution in [0.25, 0.3) is 0 Å². The van der Waals surface area contributed by atoms with Gasteiger partial charge in [0, 0.05) is 24.7 Å². The Bertz CT molecular complexity index is 515. The molecule has 0 fully saturated rings. The van der Waals surface area contributed by atoms with E-state index in [2.05, 4.69) is 10.6 Å². The Hall–Kier alpha value is -2.64. The summed E-state index contributed by atoms with van der Waals surface area (Å²) < 4.78 is 0. The van der Waals surface area contributed by atoms with Crippen molar-refractivity contribution in [3.05, 3.63) is 33.9 Å². The number of carbonyl (C=O) groups is 2. The molecule has 0 unspecified atom stereocenters. The summed E-state index contributed by atoms with van der Waals surface area (Å²) in [6.07, 6.45) is 0. The SMILES string of the molecule is CC(=O)c1ccc(NCCNC(N)=O)c([N+](=O)[O-])c1. The number of nitro benzene ring substituents is 1. The average molecular weight is 266 g/mol. The molecule has 0 saturated heterocycles. The standard InChI is InChI=1S/C11H14N4O4/c1-7(16)8-2-3-9(10(6-8)15(18)19)13-4-5-14-11(12)17/h2-3,6,13H,4-5H2,1H3,(H3,12,14,17). The third-order valence-electron chi connectivity index (χ3n) is 2.34. The minimum absolute atomic E-state index is 0.188. The number of hydrogen-bond donors (Lipinski definition) is 3. The molecule has 0 spiro atoms. The third-order valence-corrected chi connectivity index (χ3v) is 2.34. The summed E-state index contributed by atoms with van der Waals surface area (Å²) in [7, 11) is 0. The van der Waals surface area contributed by atoms with E-state index in [1.165, 1.54) is 25.1 Å². The molecule has 0 aliphatic carbocycles. The lowest BCUT2D eigenvalue weighted by molar-refractivity contribution is -0.384. The van der Waals surface area contributed by atoms with Gasteiger partial charge in [0.15, 0.2) is 5.78 Å². The Morgan fingerprint density at radius 2 is 2.05 bits per heavy atom. The van der Waals surface area contributed by atoms with E-state index >= 15 is 0 Å². The minimum Gasteiger partial charge on any atom is -0.378 e. The maximum atomic E-state index is 11.2. The second-order valence-electron chi connectivity index (χ2n) is 3.76. The zero-order chi connectivity index (χ0) is 14.4. The summed E-state index contributed by atoms with van der Waals surface area (Å²) in [6, 6.07) is 3.51. The highest BCUT2D eigenvalue weighted by Crippen LogP contribution is 2.25. The largest absolute Gasteiger partial charge is 0.378 e. The van der Waals surface area contributed by atoms with Crippen molar-refractivity contribution in [1.29, 1.82) is 0 Å². The van der Waals surface area contributed by atoms with E-state index < -0.39 is 11.0 Å².